The summed E-state index contributed by atoms with van der Waals surface area (Å²) in [7, 11) is 0.279. The SMILES string of the molecule is COCCN(CCOC)C1(CN)CCCS(=O)(=O)C1. The highest BCUT2D eigenvalue weighted by Gasteiger charge is 2.42. The first kappa shape index (κ1) is 16.8. The number of hydrogen-bond donors (Lipinski definition) is 1. The molecule has 1 rings (SSSR count). The zero-order chi connectivity index (χ0) is 14.4. The lowest BCUT2D eigenvalue weighted by atomic mass is 9.93. The molecule has 1 aliphatic heterocycles. The van der Waals surface area contributed by atoms with Crippen LogP contribution in [-0.2, 0) is 19.3 Å². The first-order chi connectivity index (χ1) is 8.99. The van der Waals surface area contributed by atoms with Crippen LogP contribution in [0.1, 0.15) is 12.8 Å². The van der Waals surface area contributed by atoms with Gasteiger partial charge in [0.2, 0.25) is 0 Å². The average molecular weight is 294 g/mol. The Morgan fingerprint density at radius 3 is 2.21 bits per heavy atom. The minimum absolute atomic E-state index is 0.143. The molecular weight excluding hydrogens is 268 g/mol. The van der Waals surface area contributed by atoms with Gasteiger partial charge in [-0.15, -0.1) is 0 Å². The Kier molecular flexibility index (Phi) is 6.68. The summed E-state index contributed by atoms with van der Waals surface area (Å²) in [5.74, 6) is 0.418. The number of hydrogen-bond acceptors (Lipinski definition) is 6. The van der Waals surface area contributed by atoms with E-state index in [1.165, 1.54) is 0 Å². The van der Waals surface area contributed by atoms with Gasteiger partial charge >= 0.3 is 0 Å². The van der Waals surface area contributed by atoms with Crippen LogP contribution in [-0.4, -0.2) is 77.4 Å². The van der Waals surface area contributed by atoms with E-state index in [2.05, 4.69) is 4.90 Å². The lowest BCUT2D eigenvalue weighted by Gasteiger charge is -2.45. The van der Waals surface area contributed by atoms with E-state index in [1.807, 2.05) is 0 Å². The van der Waals surface area contributed by atoms with E-state index in [9.17, 15) is 8.42 Å². The van der Waals surface area contributed by atoms with E-state index in [0.717, 1.165) is 6.42 Å². The Balaban J connectivity index is 2.85. The molecule has 6 nitrogen and oxygen atoms in total. The van der Waals surface area contributed by atoms with Gasteiger partial charge in [0.25, 0.3) is 0 Å². The van der Waals surface area contributed by atoms with Crippen LogP contribution in [0.25, 0.3) is 0 Å². The highest BCUT2D eigenvalue weighted by molar-refractivity contribution is 7.91. The molecule has 19 heavy (non-hydrogen) atoms. The molecule has 7 heteroatoms. The van der Waals surface area contributed by atoms with Crippen molar-refractivity contribution in [1.82, 2.24) is 4.90 Å². The van der Waals surface area contributed by atoms with Gasteiger partial charge in [0.05, 0.1) is 24.7 Å². The summed E-state index contributed by atoms with van der Waals surface area (Å²) < 4.78 is 34.1. The molecule has 1 atom stereocenters. The largest absolute Gasteiger partial charge is 0.383 e. The number of rotatable bonds is 8. The molecule has 1 fully saturated rings. The molecule has 2 N–H and O–H groups in total. The third-order valence-corrected chi connectivity index (χ3v) is 5.66. The van der Waals surface area contributed by atoms with Crippen molar-refractivity contribution in [2.24, 2.45) is 5.73 Å². The molecule has 0 aromatic rings. The Morgan fingerprint density at radius 2 is 1.79 bits per heavy atom. The molecule has 0 amide bonds. The van der Waals surface area contributed by atoms with Gasteiger partial charge in [-0.25, -0.2) is 8.42 Å². The van der Waals surface area contributed by atoms with Gasteiger partial charge in [-0.1, -0.05) is 0 Å². The van der Waals surface area contributed by atoms with E-state index in [1.54, 1.807) is 14.2 Å². The summed E-state index contributed by atoms with van der Waals surface area (Å²) in [6, 6.07) is 0. The standard InChI is InChI=1S/C12H26N2O4S/c1-17-7-5-14(6-8-18-2)12(10-13)4-3-9-19(15,16)11-12/h3-11,13H2,1-2H3. The summed E-state index contributed by atoms with van der Waals surface area (Å²) in [6.07, 6.45) is 1.49. The van der Waals surface area contributed by atoms with E-state index < -0.39 is 15.4 Å². The molecule has 0 radical (unpaired) electrons. The Labute approximate surface area is 116 Å². The summed E-state index contributed by atoms with van der Waals surface area (Å²) in [4.78, 5) is 2.12. The van der Waals surface area contributed by atoms with Crippen LogP contribution in [0.5, 0.6) is 0 Å². The van der Waals surface area contributed by atoms with Crippen molar-refractivity contribution in [2.45, 2.75) is 18.4 Å². The Bertz CT molecular complexity index is 353. The lowest BCUT2D eigenvalue weighted by Crippen LogP contribution is -2.61. The first-order valence-electron chi connectivity index (χ1n) is 6.63. The topological polar surface area (TPSA) is 81.9 Å². The van der Waals surface area contributed by atoms with Crippen molar-refractivity contribution in [3.05, 3.63) is 0 Å². The number of methoxy groups -OCH3 is 2. The highest BCUT2D eigenvalue weighted by atomic mass is 32.2. The summed E-state index contributed by atoms with van der Waals surface area (Å²) in [5.41, 5.74) is 5.45. The minimum Gasteiger partial charge on any atom is -0.383 e. The monoisotopic (exact) mass is 294 g/mol. The predicted octanol–water partition coefficient (Wildman–Crippen LogP) is -0.513. The number of nitrogens with two attached hydrogens (primary N) is 1. The zero-order valence-corrected chi connectivity index (χ0v) is 12.7. The fourth-order valence-electron chi connectivity index (χ4n) is 2.70. The zero-order valence-electron chi connectivity index (χ0n) is 11.9. The van der Waals surface area contributed by atoms with E-state index >= 15 is 0 Å². The molecule has 0 bridgehead atoms. The number of ether oxygens (including phenoxy) is 2. The second kappa shape index (κ2) is 7.54. The smallest absolute Gasteiger partial charge is 0.152 e. The lowest BCUT2D eigenvalue weighted by molar-refractivity contribution is 0.0410. The predicted molar refractivity (Wildman–Crippen MR) is 75.0 cm³/mol. The van der Waals surface area contributed by atoms with Crippen molar-refractivity contribution in [1.29, 1.82) is 0 Å². The average Bonchev–Trinajstić information content (AvgIpc) is 2.37. The Morgan fingerprint density at radius 1 is 1.21 bits per heavy atom. The molecule has 0 aliphatic carbocycles. The molecule has 1 aliphatic rings. The second-order valence-corrected chi connectivity index (χ2v) is 7.28. The van der Waals surface area contributed by atoms with Crippen LogP contribution in [0.15, 0.2) is 0 Å². The summed E-state index contributed by atoms with van der Waals surface area (Å²) in [6.45, 7) is 2.82. The minimum atomic E-state index is -3.00. The molecule has 0 aromatic heterocycles. The van der Waals surface area contributed by atoms with Crippen LogP contribution in [0.2, 0.25) is 0 Å². The van der Waals surface area contributed by atoms with Gasteiger partial charge in [0.1, 0.15) is 0 Å². The maximum Gasteiger partial charge on any atom is 0.152 e. The van der Waals surface area contributed by atoms with Crippen molar-refractivity contribution in [2.75, 3.05) is 58.6 Å². The van der Waals surface area contributed by atoms with Crippen LogP contribution >= 0.6 is 0 Å². The molecule has 1 unspecified atom stereocenters. The van der Waals surface area contributed by atoms with Gasteiger partial charge in [-0.2, -0.15) is 0 Å². The fourth-order valence-corrected chi connectivity index (χ4v) is 4.70. The van der Waals surface area contributed by atoms with Gasteiger partial charge in [0, 0.05) is 39.4 Å². The van der Waals surface area contributed by atoms with Crippen molar-refractivity contribution in [3.63, 3.8) is 0 Å². The maximum atomic E-state index is 11.9. The summed E-state index contributed by atoms with van der Waals surface area (Å²) in [5, 5.41) is 0. The van der Waals surface area contributed by atoms with Crippen LogP contribution in [0.3, 0.4) is 0 Å². The van der Waals surface area contributed by atoms with Gasteiger partial charge in [-0.05, 0) is 12.8 Å². The molecular formula is C12H26N2O4S. The molecule has 1 heterocycles. The van der Waals surface area contributed by atoms with E-state index in [4.69, 9.17) is 15.2 Å². The Hall–Kier alpha value is -0.210. The molecule has 1 saturated heterocycles. The fraction of sp³-hybridized carbons (Fsp3) is 1.00. The van der Waals surface area contributed by atoms with E-state index in [-0.39, 0.29) is 11.5 Å². The quantitative estimate of drug-likeness (QED) is 0.649. The molecule has 0 spiro atoms. The third kappa shape index (κ3) is 4.68. The highest BCUT2D eigenvalue weighted by Crippen LogP contribution is 2.28. The number of sulfone groups is 1. The first-order valence-corrected chi connectivity index (χ1v) is 8.45. The summed E-state index contributed by atoms with van der Waals surface area (Å²) >= 11 is 0. The second-order valence-electron chi connectivity index (χ2n) is 5.10. The molecule has 0 aromatic carbocycles. The molecule has 114 valence electrons. The van der Waals surface area contributed by atoms with Crippen molar-refractivity contribution < 1.29 is 17.9 Å². The van der Waals surface area contributed by atoms with Crippen molar-refractivity contribution in [3.8, 4) is 0 Å². The van der Waals surface area contributed by atoms with Gasteiger partial charge < -0.3 is 15.2 Å². The number of nitrogens with zero attached hydrogens (tertiary/aromatic N) is 1. The van der Waals surface area contributed by atoms with Gasteiger partial charge in [-0.3, -0.25) is 4.90 Å². The maximum absolute atomic E-state index is 11.9. The van der Waals surface area contributed by atoms with Crippen LogP contribution in [0.4, 0.5) is 0 Å². The molecule has 0 saturated carbocycles. The normalized spacial score (nSPS) is 26.7. The van der Waals surface area contributed by atoms with Gasteiger partial charge in [0.15, 0.2) is 9.84 Å². The van der Waals surface area contributed by atoms with Crippen LogP contribution in [0, 0.1) is 0 Å². The third-order valence-electron chi connectivity index (χ3n) is 3.77. The van der Waals surface area contributed by atoms with Crippen LogP contribution < -0.4 is 5.73 Å². The van der Waals surface area contributed by atoms with Crippen molar-refractivity contribution >= 4 is 9.84 Å². The van der Waals surface area contributed by atoms with E-state index in [0.29, 0.717) is 39.3 Å².